The predicted octanol–water partition coefficient (Wildman–Crippen LogP) is 0.241. The van der Waals surface area contributed by atoms with Crippen LogP contribution in [0.4, 0.5) is 11.9 Å². The average Bonchev–Trinajstić information content (AvgIpc) is 2.75. The molecule has 0 aliphatic rings. The molecule has 0 atom stereocenters. The predicted molar refractivity (Wildman–Crippen MR) is 70.8 cm³/mol. The zero-order chi connectivity index (χ0) is 13.7. The summed E-state index contributed by atoms with van der Waals surface area (Å²) in [7, 11) is 1.89. The molecular weight excluding hydrogens is 246 g/mol. The number of nitrogens with zero attached hydrogens (tertiary/aromatic N) is 5. The zero-order valence-electron chi connectivity index (χ0n) is 11.0. The van der Waals surface area contributed by atoms with E-state index in [2.05, 4.69) is 25.4 Å². The Hall–Kier alpha value is -2.38. The highest BCUT2D eigenvalue weighted by Gasteiger charge is 2.05. The van der Waals surface area contributed by atoms with E-state index >= 15 is 0 Å². The van der Waals surface area contributed by atoms with Gasteiger partial charge >= 0.3 is 6.01 Å². The number of aryl methyl sites for hydroxylation is 1. The smallest absolute Gasteiger partial charge is 0.323 e. The molecule has 0 aliphatic carbocycles. The van der Waals surface area contributed by atoms with E-state index < -0.39 is 0 Å². The van der Waals surface area contributed by atoms with Gasteiger partial charge in [0, 0.05) is 26.2 Å². The molecule has 0 aliphatic heterocycles. The van der Waals surface area contributed by atoms with Gasteiger partial charge in [-0.3, -0.25) is 4.68 Å². The third-order valence-corrected chi connectivity index (χ3v) is 2.34. The maximum atomic E-state index is 5.58. The van der Waals surface area contributed by atoms with Gasteiger partial charge in [-0.1, -0.05) is 0 Å². The minimum absolute atomic E-state index is 0.138. The Labute approximate surface area is 111 Å². The number of ether oxygens (including phenoxy) is 1. The number of hydrogen-bond donors (Lipinski definition) is 2. The molecule has 0 radical (unpaired) electrons. The monoisotopic (exact) mass is 263 g/mol. The molecule has 3 N–H and O–H groups in total. The fourth-order valence-electron chi connectivity index (χ4n) is 1.54. The maximum absolute atomic E-state index is 5.58. The molecule has 0 unspecified atom stereocenters. The van der Waals surface area contributed by atoms with Gasteiger partial charge in [0.15, 0.2) is 0 Å². The first-order chi connectivity index (χ1) is 9.17. The summed E-state index contributed by atoms with van der Waals surface area (Å²) in [5.41, 5.74) is 6.58. The second kappa shape index (κ2) is 5.98. The molecule has 0 aromatic carbocycles. The first kappa shape index (κ1) is 13.1. The van der Waals surface area contributed by atoms with Crippen LogP contribution in [-0.4, -0.2) is 37.9 Å². The van der Waals surface area contributed by atoms with Gasteiger partial charge in [-0.15, -0.1) is 0 Å². The number of rotatable bonds is 6. The van der Waals surface area contributed by atoms with Crippen molar-refractivity contribution in [2.75, 3.05) is 24.2 Å². The molecule has 0 bridgehead atoms. The molecular formula is C11H17N7O. The molecule has 8 heteroatoms. The van der Waals surface area contributed by atoms with Crippen LogP contribution in [0.25, 0.3) is 0 Å². The molecule has 19 heavy (non-hydrogen) atoms. The molecule has 0 fully saturated rings. The van der Waals surface area contributed by atoms with Crippen LogP contribution in [0.5, 0.6) is 6.01 Å². The summed E-state index contributed by atoms with van der Waals surface area (Å²) in [5.74, 6) is 0.547. The molecule has 8 nitrogen and oxygen atoms in total. The molecule has 0 amide bonds. The van der Waals surface area contributed by atoms with Gasteiger partial charge in [0.2, 0.25) is 11.9 Å². The lowest BCUT2D eigenvalue weighted by Gasteiger charge is -2.06. The minimum atomic E-state index is 0.138. The molecule has 2 aromatic rings. The summed E-state index contributed by atoms with van der Waals surface area (Å²) in [4.78, 5) is 12.0. The van der Waals surface area contributed by atoms with Crippen molar-refractivity contribution in [1.82, 2.24) is 24.7 Å². The molecule has 0 spiro atoms. The fourth-order valence-corrected chi connectivity index (χ4v) is 1.54. The minimum Gasteiger partial charge on any atom is -0.464 e. The van der Waals surface area contributed by atoms with Crippen molar-refractivity contribution in [1.29, 1.82) is 0 Å². The van der Waals surface area contributed by atoms with Gasteiger partial charge in [0.1, 0.15) is 0 Å². The maximum Gasteiger partial charge on any atom is 0.323 e. The van der Waals surface area contributed by atoms with E-state index in [1.807, 2.05) is 26.2 Å². The first-order valence-corrected chi connectivity index (χ1v) is 6.04. The molecule has 2 heterocycles. The van der Waals surface area contributed by atoms with Crippen LogP contribution in [0.15, 0.2) is 12.3 Å². The van der Waals surface area contributed by atoms with Gasteiger partial charge in [-0.05, 0) is 13.0 Å². The Morgan fingerprint density at radius 3 is 2.89 bits per heavy atom. The quantitative estimate of drug-likeness (QED) is 0.769. The van der Waals surface area contributed by atoms with Crippen molar-refractivity contribution in [3.8, 4) is 6.01 Å². The number of nitrogens with one attached hydrogen (secondary N) is 1. The van der Waals surface area contributed by atoms with Crippen molar-refractivity contribution >= 4 is 11.9 Å². The van der Waals surface area contributed by atoms with Gasteiger partial charge in [0.25, 0.3) is 0 Å². The van der Waals surface area contributed by atoms with Crippen molar-refractivity contribution in [2.45, 2.75) is 13.3 Å². The summed E-state index contributed by atoms with van der Waals surface area (Å²) in [5, 5.41) is 7.35. The Morgan fingerprint density at radius 2 is 2.21 bits per heavy atom. The van der Waals surface area contributed by atoms with Gasteiger partial charge in [-0.2, -0.15) is 20.1 Å². The molecule has 102 valence electrons. The second-order valence-corrected chi connectivity index (χ2v) is 3.89. The third-order valence-electron chi connectivity index (χ3n) is 2.34. The number of nitrogen functional groups attached to an aromatic ring is 1. The van der Waals surface area contributed by atoms with E-state index in [9.17, 15) is 0 Å². The van der Waals surface area contributed by atoms with Crippen molar-refractivity contribution < 1.29 is 4.74 Å². The lowest BCUT2D eigenvalue weighted by Crippen LogP contribution is -2.11. The van der Waals surface area contributed by atoms with E-state index in [1.54, 1.807) is 4.68 Å². The number of nitrogens with two attached hydrogens (primary N) is 1. The summed E-state index contributed by atoms with van der Waals surface area (Å²) in [6.45, 7) is 3.00. The number of hydrogen-bond acceptors (Lipinski definition) is 7. The summed E-state index contributed by atoms with van der Waals surface area (Å²) < 4.78 is 6.96. The van der Waals surface area contributed by atoms with Crippen LogP contribution in [0.2, 0.25) is 0 Å². The van der Waals surface area contributed by atoms with E-state index in [4.69, 9.17) is 10.5 Å². The van der Waals surface area contributed by atoms with Crippen LogP contribution >= 0.6 is 0 Å². The lowest BCUT2D eigenvalue weighted by molar-refractivity contribution is 0.312. The topological polar surface area (TPSA) is 104 Å². The molecule has 0 saturated carbocycles. The number of anilines is 2. The Morgan fingerprint density at radius 1 is 1.37 bits per heavy atom. The molecule has 0 saturated heterocycles. The van der Waals surface area contributed by atoms with E-state index in [0.717, 1.165) is 12.1 Å². The second-order valence-electron chi connectivity index (χ2n) is 3.89. The van der Waals surface area contributed by atoms with Crippen LogP contribution in [0, 0.1) is 0 Å². The summed E-state index contributed by atoms with van der Waals surface area (Å²) in [6.07, 6.45) is 2.68. The molecule has 2 aromatic heterocycles. The lowest BCUT2D eigenvalue weighted by atomic mass is 10.3. The largest absolute Gasteiger partial charge is 0.464 e. The van der Waals surface area contributed by atoms with Crippen molar-refractivity contribution in [2.24, 2.45) is 7.05 Å². The van der Waals surface area contributed by atoms with Crippen LogP contribution in [0.3, 0.4) is 0 Å². The zero-order valence-corrected chi connectivity index (χ0v) is 11.0. The van der Waals surface area contributed by atoms with E-state index in [0.29, 0.717) is 19.1 Å². The van der Waals surface area contributed by atoms with Gasteiger partial charge < -0.3 is 15.8 Å². The third kappa shape index (κ3) is 3.80. The van der Waals surface area contributed by atoms with Gasteiger partial charge in [-0.25, -0.2) is 0 Å². The Bertz CT molecular complexity index is 540. The molecule has 2 rings (SSSR count). The Balaban J connectivity index is 1.91. The van der Waals surface area contributed by atoms with E-state index in [-0.39, 0.29) is 12.0 Å². The van der Waals surface area contributed by atoms with Crippen LogP contribution in [0.1, 0.15) is 12.6 Å². The highest BCUT2D eigenvalue weighted by atomic mass is 16.5. The highest BCUT2D eigenvalue weighted by Crippen LogP contribution is 2.08. The first-order valence-electron chi connectivity index (χ1n) is 6.04. The standard InChI is InChI=1S/C11H17N7O/c1-3-19-11-15-9(12)14-10(16-11)13-6-4-8-5-7-18(2)17-8/h5,7H,3-4,6H2,1-2H3,(H3,12,13,14,15,16). The Kier molecular flexibility index (Phi) is 4.11. The van der Waals surface area contributed by atoms with Gasteiger partial charge in [0.05, 0.1) is 12.3 Å². The van der Waals surface area contributed by atoms with Crippen LogP contribution < -0.4 is 15.8 Å². The van der Waals surface area contributed by atoms with Crippen molar-refractivity contribution in [3.05, 3.63) is 18.0 Å². The summed E-state index contributed by atoms with van der Waals surface area (Å²) >= 11 is 0. The summed E-state index contributed by atoms with van der Waals surface area (Å²) in [6, 6.07) is 2.20. The van der Waals surface area contributed by atoms with Crippen LogP contribution in [-0.2, 0) is 13.5 Å². The van der Waals surface area contributed by atoms with E-state index in [1.165, 1.54) is 0 Å². The highest BCUT2D eigenvalue weighted by molar-refractivity contribution is 5.32. The fraction of sp³-hybridized carbons (Fsp3) is 0.455. The SMILES string of the molecule is CCOc1nc(N)nc(NCCc2ccn(C)n2)n1. The average molecular weight is 263 g/mol. The number of aromatic nitrogens is 5. The normalized spacial score (nSPS) is 10.4. The van der Waals surface area contributed by atoms with Crippen molar-refractivity contribution in [3.63, 3.8) is 0 Å².